The summed E-state index contributed by atoms with van der Waals surface area (Å²) in [4.78, 5) is 31.2. The number of hydrogen-bond acceptors (Lipinski definition) is 8. The summed E-state index contributed by atoms with van der Waals surface area (Å²) < 4.78 is 4.42. The maximum absolute atomic E-state index is 10.6. The summed E-state index contributed by atoms with van der Waals surface area (Å²) in [5, 5.41) is 53.7. The van der Waals surface area contributed by atoms with Crippen LogP contribution < -0.4 is 0 Å². The molecule has 474 valence electrons. The first-order valence-electron chi connectivity index (χ1n) is 32.6. The molecule has 0 saturated heterocycles. The Labute approximate surface area is 596 Å². The molecule has 13 aromatic carbocycles. The van der Waals surface area contributed by atoms with E-state index in [1.54, 1.807) is 78.9 Å². The summed E-state index contributed by atoms with van der Waals surface area (Å²) in [7, 11) is 0. The van der Waals surface area contributed by atoms with Crippen LogP contribution in [0.5, 0.6) is 0 Å². The van der Waals surface area contributed by atoms with Gasteiger partial charge < -0.3 is 9.13 Å². The highest BCUT2D eigenvalue weighted by atomic mass is 15.0. The second kappa shape index (κ2) is 26.0. The summed E-state index contributed by atoms with van der Waals surface area (Å²) in [5.41, 5.74) is 18.6. The molecule has 0 spiro atoms. The topological polar surface area (TPSA) is 185 Å². The standard InChI is InChI=1S/C90H44N14/c1-96-67-27-32-72(82(47-67)99-4)65-25-36-84-77(45-65)76-44-63(70-30-18-56(51-93)40-80(70)97-2)24-35-83(76)103(84)68-28-33-73(90-101-88(59-11-7-5-8-12-59)100-89(102-90)60-13-9-6-10-14-60)74(48-68)75-42-61(58-20-15-54(49-91)16-21-58)22-34-85(75)104-86-37-23-62(69-29-17-55(50-92)39-66(69)53-95)43-78(86)79-46-64(26-38-87(79)104)71-31-19-57(52-94)41-81(71)98-3/h5-48H. The van der Waals surface area contributed by atoms with E-state index in [9.17, 15) is 26.3 Å². The van der Waals surface area contributed by atoms with Gasteiger partial charge >= 0.3 is 0 Å². The van der Waals surface area contributed by atoms with Crippen LogP contribution >= 0.6 is 0 Å². The largest absolute Gasteiger partial charge is 0.309 e. The summed E-state index contributed by atoms with van der Waals surface area (Å²) in [6.07, 6.45) is 0. The maximum atomic E-state index is 10.6. The summed E-state index contributed by atoms with van der Waals surface area (Å²) >= 11 is 0. The Bertz CT molecular complexity index is 6450. The zero-order chi connectivity index (χ0) is 71.1. The van der Waals surface area contributed by atoms with Crippen LogP contribution in [0.4, 0.5) is 22.7 Å². The van der Waals surface area contributed by atoms with Gasteiger partial charge in [-0.1, -0.05) is 140 Å². The first kappa shape index (κ1) is 62.7. The molecule has 0 unspecified atom stereocenters. The lowest BCUT2D eigenvalue weighted by Crippen LogP contribution is -2.04. The number of aromatic nitrogens is 5. The van der Waals surface area contributed by atoms with E-state index >= 15 is 0 Å². The van der Waals surface area contributed by atoms with Crippen molar-refractivity contribution in [2.75, 3.05) is 0 Å². The number of hydrogen-bond donors (Lipinski definition) is 0. The van der Waals surface area contributed by atoms with Gasteiger partial charge in [-0.05, 0) is 189 Å². The molecule has 0 aliphatic heterocycles. The van der Waals surface area contributed by atoms with Gasteiger partial charge in [0.15, 0.2) is 40.2 Å². The van der Waals surface area contributed by atoms with Crippen molar-refractivity contribution in [1.29, 1.82) is 26.3 Å². The Hall–Kier alpha value is -16.1. The van der Waals surface area contributed by atoms with Crippen molar-refractivity contribution in [2.24, 2.45) is 0 Å². The van der Waals surface area contributed by atoms with E-state index in [0.717, 1.165) is 105 Å². The fourth-order valence-corrected chi connectivity index (χ4v) is 13.9. The van der Waals surface area contributed by atoms with Crippen molar-refractivity contribution in [1.82, 2.24) is 24.1 Å². The van der Waals surface area contributed by atoms with Crippen LogP contribution in [0.3, 0.4) is 0 Å². The molecular weight excluding hydrogens is 1280 g/mol. The fourth-order valence-electron chi connectivity index (χ4n) is 13.9. The van der Waals surface area contributed by atoms with E-state index < -0.39 is 0 Å². The fraction of sp³-hybridized carbons (Fsp3) is 0. The van der Waals surface area contributed by atoms with Gasteiger partial charge in [-0.25, -0.2) is 34.3 Å². The first-order chi connectivity index (χ1) is 51.1. The minimum absolute atomic E-state index is 0.312. The monoisotopic (exact) mass is 1320 g/mol. The van der Waals surface area contributed by atoms with Gasteiger partial charge in [0, 0.05) is 60.6 Å². The van der Waals surface area contributed by atoms with E-state index in [4.69, 9.17) is 41.2 Å². The highest BCUT2D eigenvalue weighted by Gasteiger charge is 2.26. The van der Waals surface area contributed by atoms with E-state index in [2.05, 4.69) is 113 Å². The van der Waals surface area contributed by atoms with Crippen molar-refractivity contribution in [2.45, 2.75) is 0 Å². The molecule has 0 radical (unpaired) electrons. The third kappa shape index (κ3) is 10.9. The summed E-state index contributed by atoms with van der Waals surface area (Å²) in [6, 6.07) is 95.4. The Balaban J connectivity index is 1.03. The smallest absolute Gasteiger partial charge is 0.196 e. The SMILES string of the molecule is [C-]#[N+]c1ccc(-c2ccc3c(c2)c2cc(-c4ccc(C#N)cc4[N+]#[C-])ccc2n3-c2ccc(-c3nc(-c4ccccc4)nc(-c4ccccc4)n3)c(-c3cc(-c4ccc(C#N)cc4)ccc3-n3c4ccc(-c5ccc(C#N)cc5C#N)cc4c4cc(-c5ccc(C#N)cc5[N+]#[C-])ccc43)c2)c([N+]#[C-])c1. The minimum Gasteiger partial charge on any atom is -0.309 e. The van der Waals surface area contributed by atoms with E-state index in [-0.39, 0.29) is 0 Å². The van der Waals surface area contributed by atoms with Crippen LogP contribution in [0.2, 0.25) is 0 Å². The van der Waals surface area contributed by atoms with Crippen LogP contribution in [0, 0.1) is 82.9 Å². The Morgan fingerprint density at radius 2 is 0.683 bits per heavy atom. The number of nitriles is 5. The molecule has 14 heteroatoms. The third-order valence-electron chi connectivity index (χ3n) is 18.8. The quantitative estimate of drug-likeness (QED) is 0.115. The molecule has 16 aromatic rings. The molecule has 0 amide bonds. The zero-order valence-corrected chi connectivity index (χ0v) is 54.7. The lowest BCUT2D eigenvalue weighted by molar-refractivity contribution is 1.07. The molecule has 0 bridgehead atoms. The molecule has 3 heterocycles. The van der Waals surface area contributed by atoms with Crippen molar-refractivity contribution in [3.05, 3.63) is 340 Å². The number of fused-ring (bicyclic) bond motifs is 6. The average molecular weight is 1320 g/mol. The summed E-state index contributed by atoms with van der Waals surface area (Å²) in [6.45, 7) is 32.5. The molecular formula is C90H44N14. The zero-order valence-electron chi connectivity index (χ0n) is 54.7. The molecule has 0 fully saturated rings. The van der Waals surface area contributed by atoms with Crippen molar-refractivity contribution < 1.29 is 0 Å². The maximum Gasteiger partial charge on any atom is 0.196 e. The molecule has 0 saturated carbocycles. The second-order valence-corrected chi connectivity index (χ2v) is 24.6. The number of nitrogens with zero attached hydrogens (tertiary/aromatic N) is 14. The van der Waals surface area contributed by atoms with Gasteiger partial charge in [-0.2, -0.15) is 26.3 Å². The Morgan fingerprint density at radius 1 is 0.269 bits per heavy atom. The lowest BCUT2D eigenvalue weighted by atomic mass is 9.92. The summed E-state index contributed by atoms with van der Waals surface area (Å²) in [5.74, 6) is 1.25. The molecule has 0 aliphatic carbocycles. The molecule has 16 rings (SSSR count). The third-order valence-corrected chi connectivity index (χ3v) is 18.8. The van der Waals surface area contributed by atoms with E-state index in [0.29, 0.717) is 101 Å². The highest BCUT2D eigenvalue weighted by molar-refractivity contribution is 6.14. The minimum atomic E-state index is 0.312. The number of benzene rings is 13. The average Bonchev–Trinajstić information content (AvgIpc) is 1.56. The highest BCUT2D eigenvalue weighted by Crippen LogP contribution is 2.48. The Kier molecular flexibility index (Phi) is 15.7. The van der Waals surface area contributed by atoms with Crippen LogP contribution in [0.25, 0.3) is 175 Å². The van der Waals surface area contributed by atoms with Crippen LogP contribution in [0.1, 0.15) is 27.8 Å². The van der Waals surface area contributed by atoms with Gasteiger partial charge in [0.25, 0.3) is 0 Å². The van der Waals surface area contributed by atoms with Gasteiger partial charge in [-0.3, -0.25) is 0 Å². The van der Waals surface area contributed by atoms with Crippen molar-refractivity contribution in [3.63, 3.8) is 0 Å². The molecule has 0 aliphatic rings. The predicted molar refractivity (Wildman–Crippen MR) is 406 cm³/mol. The van der Waals surface area contributed by atoms with Gasteiger partial charge in [0.1, 0.15) is 0 Å². The van der Waals surface area contributed by atoms with Gasteiger partial charge in [0.05, 0.1) is 101 Å². The lowest BCUT2D eigenvalue weighted by Gasteiger charge is -2.20. The van der Waals surface area contributed by atoms with Crippen LogP contribution in [0.15, 0.2) is 267 Å². The predicted octanol–water partition coefficient (Wildman–Crippen LogP) is 22.6. The first-order valence-corrected chi connectivity index (χ1v) is 32.6. The molecule has 104 heavy (non-hydrogen) atoms. The second-order valence-electron chi connectivity index (χ2n) is 24.6. The van der Waals surface area contributed by atoms with E-state index in [1.165, 1.54) is 0 Å². The van der Waals surface area contributed by atoms with Crippen LogP contribution in [-0.4, -0.2) is 24.1 Å². The van der Waals surface area contributed by atoms with Gasteiger partial charge in [0.2, 0.25) is 0 Å². The van der Waals surface area contributed by atoms with Crippen molar-refractivity contribution >= 4 is 66.4 Å². The van der Waals surface area contributed by atoms with Crippen LogP contribution in [-0.2, 0) is 0 Å². The number of rotatable bonds is 11. The van der Waals surface area contributed by atoms with Gasteiger partial charge in [-0.15, -0.1) is 0 Å². The normalized spacial score (nSPS) is 10.8. The molecule has 14 nitrogen and oxygen atoms in total. The molecule has 3 aromatic heterocycles. The molecule has 0 N–H and O–H groups in total. The Morgan fingerprint density at radius 3 is 1.16 bits per heavy atom. The van der Waals surface area contributed by atoms with Crippen molar-refractivity contribution in [3.8, 4) is 143 Å². The molecule has 0 atom stereocenters. The van der Waals surface area contributed by atoms with E-state index in [1.807, 2.05) is 133 Å².